The molecule has 0 bridgehead atoms. The van der Waals surface area contributed by atoms with Crippen molar-refractivity contribution < 1.29 is 64.2 Å². The van der Waals surface area contributed by atoms with Crippen molar-refractivity contribution in [3.8, 4) is 0 Å². The Hall–Kier alpha value is -1.49. The van der Waals surface area contributed by atoms with Crippen LogP contribution in [0.25, 0.3) is 0 Å². The fourth-order valence-corrected chi connectivity index (χ4v) is 11.4. The normalized spacial score (nSPS) is 50.9. The number of ether oxygens (including phenoxy) is 5. The molecule has 52 heavy (non-hydrogen) atoms. The van der Waals surface area contributed by atoms with E-state index < -0.39 is 74.6 Å². The summed E-state index contributed by atoms with van der Waals surface area (Å²) in [6, 6.07) is 0. The van der Waals surface area contributed by atoms with Gasteiger partial charge in [-0.1, -0.05) is 31.1 Å². The van der Waals surface area contributed by atoms with Crippen molar-refractivity contribution >= 4 is 5.97 Å². The number of aliphatic hydroxyl groups excluding tert-OH is 7. The van der Waals surface area contributed by atoms with E-state index in [9.17, 15) is 40.5 Å². The van der Waals surface area contributed by atoms with Crippen LogP contribution in [-0.4, -0.2) is 129 Å². The van der Waals surface area contributed by atoms with Crippen molar-refractivity contribution in [3.63, 3.8) is 0 Å². The molecule has 4 aliphatic carbocycles. The second-order valence-electron chi connectivity index (χ2n) is 17.5. The molecule has 18 atom stereocenters. The van der Waals surface area contributed by atoms with Crippen LogP contribution in [-0.2, 0) is 28.5 Å². The van der Waals surface area contributed by atoms with Crippen molar-refractivity contribution in [2.45, 2.75) is 166 Å². The maximum Gasteiger partial charge on any atom is 0.333 e. The molecule has 0 aromatic rings. The largest absolute Gasteiger partial charge is 0.459 e. The zero-order valence-electron chi connectivity index (χ0n) is 30.9. The van der Waals surface area contributed by atoms with Gasteiger partial charge in [0.05, 0.1) is 19.3 Å². The Morgan fingerprint density at radius 2 is 1.50 bits per heavy atom. The van der Waals surface area contributed by atoms with Gasteiger partial charge in [0.25, 0.3) is 0 Å². The van der Waals surface area contributed by atoms with E-state index in [2.05, 4.69) is 26.8 Å². The molecule has 13 nitrogen and oxygen atoms in total. The molecule has 14 unspecified atom stereocenters. The Bertz CT molecular complexity index is 1380. The van der Waals surface area contributed by atoms with Gasteiger partial charge in [-0.15, -0.1) is 0 Å². The number of rotatable bonds is 8. The van der Waals surface area contributed by atoms with Crippen molar-refractivity contribution in [1.82, 2.24) is 0 Å². The molecule has 3 aliphatic heterocycles. The van der Waals surface area contributed by atoms with Crippen molar-refractivity contribution in [3.05, 3.63) is 22.8 Å². The zero-order chi connectivity index (χ0) is 37.3. The topological polar surface area (TPSA) is 205 Å². The number of hydrogen-bond donors (Lipinski definition) is 7. The summed E-state index contributed by atoms with van der Waals surface area (Å²) in [5.41, 5.74) is 3.57. The summed E-state index contributed by atoms with van der Waals surface area (Å²) in [5, 5.41) is 72.2. The maximum atomic E-state index is 12.5. The summed E-state index contributed by atoms with van der Waals surface area (Å²) in [6.45, 7) is 7.82. The summed E-state index contributed by atoms with van der Waals surface area (Å²) >= 11 is 0. The molecule has 13 heteroatoms. The maximum absolute atomic E-state index is 12.5. The molecule has 7 aliphatic rings. The van der Waals surface area contributed by atoms with Gasteiger partial charge in [0, 0.05) is 12.0 Å². The number of carbonyl (C=O) groups excluding carboxylic acids is 1. The number of carbonyl (C=O) groups is 1. The minimum absolute atomic E-state index is 0.0264. The Labute approximate surface area is 305 Å². The molecule has 0 aromatic heterocycles. The van der Waals surface area contributed by atoms with Crippen LogP contribution in [0.3, 0.4) is 0 Å². The van der Waals surface area contributed by atoms with E-state index >= 15 is 0 Å². The Balaban J connectivity index is 0.969. The summed E-state index contributed by atoms with van der Waals surface area (Å²) in [5.74, 6) is 2.21. The number of allylic oxidation sites excluding steroid dienone is 1. The van der Waals surface area contributed by atoms with E-state index in [1.807, 2.05) is 6.92 Å². The predicted octanol–water partition coefficient (Wildman–Crippen LogP) is 1.62. The smallest absolute Gasteiger partial charge is 0.333 e. The van der Waals surface area contributed by atoms with Crippen LogP contribution < -0.4 is 0 Å². The predicted molar refractivity (Wildman–Crippen MR) is 184 cm³/mol. The van der Waals surface area contributed by atoms with Gasteiger partial charge in [0.15, 0.2) is 12.6 Å². The van der Waals surface area contributed by atoms with Crippen molar-refractivity contribution in [2.24, 2.45) is 34.5 Å². The minimum atomic E-state index is -1.64. The fourth-order valence-electron chi connectivity index (χ4n) is 11.4. The van der Waals surface area contributed by atoms with Gasteiger partial charge in [0.1, 0.15) is 54.9 Å². The van der Waals surface area contributed by atoms with Crippen molar-refractivity contribution in [2.75, 3.05) is 13.2 Å². The SMILES string of the molecule is CC1=C(C)C(=O)OC(CC2CCC3[C@@H]4CC=C5C[C@@H](OC6OC(COC7OC(CO)C(O)C(O)C7O)C(O)C(O)C6O)CC[C@]5(C)C4CC[C@]23C)C1. The molecule has 0 spiro atoms. The Morgan fingerprint density at radius 1 is 0.808 bits per heavy atom. The fraction of sp³-hybridized carbons (Fsp3) is 0.872. The quantitative estimate of drug-likeness (QED) is 0.140. The molecule has 0 radical (unpaired) electrons. The van der Waals surface area contributed by atoms with Crippen LogP contribution in [0.2, 0.25) is 0 Å². The molecule has 5 fully saturated rings. The van der Waals surface area contributed by atoms with Gasteiger partial charge in [-0.25, -0.2) is 4.79 Å². The lowest BCUT2D eigenvalue weighted by atomic mass is 9.47. The van der Waals surface area contributed by atoms with Gasteiger partial charge in [-0.2, -0.15) is 0 Å². The van der Waals surface area contributed by atoms with Crippen LogP contribution >= 0.6 is 0 Å². The highest BCUT2D eigenvalue weighted by molar-refractivity contribution is 5.89. The molecule has 0 aromatic carbocycles. The van der Waals surface area contributed by atoms with Gasteiger partial charge >= 0.3 is 5.97 Å². The summed E-state index contributed by atoms with van der Waals surface area (Å²) in [7, 11) is 0. The third-order valence-electron chi connectivity index (χ3n) is 14.8. The lowest BCUT2D eigenvalue weighted by Crippen LogP contribution is -2.62. The first-order valence-electron chi connectivity index (χ1n) is 19.5. The monoisotopic (exact) mass is 736 g/mol. The third-order valence-corrected chi connectivity index (χ3v) is 14.8. The second kappa shape index (κ2) is 14.9. The number of aliphatic hydroxyl groups is 7. The van der Waals surface area contributed by atoms with Gasteiger partial charge in [-0.3, -0.25) is 0 Å². The first-order valence-corrected chi connectivity index (χ1v) is 19.5. The van der Waals surface area contributed by atoms with Crippen LogP contribution in [0.1, 0.15) is 91.9 Å². The Morgan fingerprint density at radius 3 is 2.21 bits per heavy atom. The molecule has 2 saturated heterocycles. The van der Waals surface area contributed by atoms with Crippen LogP contribution in [0.15, 0.2) is 22.8 Å². The average Bonchev–Trinajstić information content (AvgIpc) is 3.45. The number of fused-ring (bicyclic) bond motifs is 5. The molecule has 7 N–H and O–H groups in total. The Kier molecular flexibility index (Phi) is 11.1. The lowest BCUT2D eigenvalue weighted by Gasteiger charge is -2.58. The van der Waals surface area contributed by atoms with E-state index in [1.54, 1.807) is 0 Å². The number of cyclic esters (lactones) is 1. The summed E-state index contributed by atoms with van der Waals surface area (Å²) < 4.78 is 29.1. The first-order chi connectivity index (χ1) is 24.7. The van der Waals surface area contributed by atoms with E-state index in [4.69, 9.17) is 23.7 Å². The van der Waals surface area contributed by atoms with E-state index in [0.29, 0.717) is 30.1 Å². The first kappa shape index (κ1) is 38.8. The van der Waals surface area contributed by atoms with Crippen LogP contribution in [0, 0.1) is 34.5 Å². The minimum Gasteiger partial charge on any atom is -0.459 e. The van der Waals surface area contributed by atoms with Gasteiger partial charge in [0.2, 0.25) is 0 Å². The molecular weight excluding hydrogens is 676 g/mol. The van der Waals surface area contributed by atoms with E-state index in [0.717, 1.165) is 43.3 Å². The summed E-state index contributed by atoms with van der Waals surface area (Å²) in [6.07, 6.45) is -2.42. The van der Waals surface area contributed by atoms with E-state index in [-0.39, 0.29) is 29.0 Å². The number of hydrogen-bond acceptors (Lipinski definition) is 13. The second-order valence-corrected chi connectivity index (χ2v) is 17.5. The third kappa shape index (κ3) is 6.73. The van der Waals surface area contributed by atoms with Crippen LogP contribution in [0.4, 0.5) is 0 Å². The molecule has 0 amide bonds. The molecule has 7 rings (SSSR count). The van der Waals surface area contributed by atoms with Gasteiger partial charge < -0.3 is 59.4 Å². The van der Waals surface area contributed by atoms with Gasteiger partial charge in [-0.05, 0) is 106 Å². The standard InChI is InChI=1S/C39H60O13/c1-18-13-23(49-35(47)19(18)2)15-21-6-8-25-24-7-5-20-14-22(9-11-38(20,3)26(24)10-12-39(21,25)4)50-37-34(46)32(44)30(42)28(52-37)17-48-36-33(45)31(43)29(41)27(16-40)51-36/h5,21-34,36-37,40-46H,6-17H2,1-4H3/t21?,22-,23?,24-,25?,26?,27?,28?,29?,30?,31?,32?,33?,34?,36?,37?,38-,39+/m0/s1. The van der Waals surface area contributed by atoms with E-state index in [1.165, 1.54) is 31.3 Å². The molecule has 3 heterocycles. The average molecular weight is 737 g/mol. The summed E-state index contributed by atoms with van der Waals surface area (Å²) in [4.78, 5) is 12.5. The highest BCUT2D eigenvalue weighted by Crippen LogP contribution is 2.67. The van der Waals surface area contributed by atoms with Crippen LogP contribution in [0.5, 0.6) is 0 Å². The lowest BCUT2D eigenvalue weighted by molar-refractivity contribution is -0.336. The van der Waals surface area contributed by atoms with Crippen molar-refractivity contribution in [1.29, 1.82) is 0 Å². The highest BCUT2D eigenvalue weighted by atomic mass is 16.7. The molecule has 294 valence electrons. The highest BCUT2D eigenvalue weighted by Gasteiger charge is 2.59. The molecule has 3 saturated carbocycles. The zero-order valence-corrected chi connectivity index (χ0v) is 30.9. The molecular formula is C39H60O13. The number of esters is 1.